The summed E-state index contributed by atoms with van der Waals surface area (Å²) >= 11 is 1.62. The van der Waals surface area contributed by atoms with Crippen LogP contribution in [0.25, 0.3) is 0 Å². The van der Waals surface area contributed by atoms with Crippen molar-refractivity contribution < 1.29 is 15.0 Å². The van der Waals surface area contributed by atoms with E-state index < -0.39 is 5.60 Å². The number of thiazole rings is 1. The number of likely N-dealkylation sites (tertiary alicyclic amines) is 3. The lowest BCUT2D eigenvalue weighted by atomic mass is 9.87. The summed E-state index contributed by atoms with van der Waals surface area (Å²) in [4.78, 5) is 22.9. The Morgan fingerprint density at radius 1 is 1.21 bits per heavy atom. The number of hydrogen-bond acceptors (Lipinski definition) is 7. The molecule has 1 atom stereocenters. The van der Waals surface area contributed by atoms with Crippen LogP contribution in [0.4, 0.5) is 0 Å². The lowest BCUT2D eigenvalue weighted by Crippen LogP contribution is -2.51. The molecule has 1 aromatic rings. The van der Waals surface area contributed by atoms with Crippen molar-refractivity contribution >= 4 is 17.2 Å². The normalized spacial score (nSPS) is 27.4. The van der Waals surface area contributed by atoms with E-state index in [0.717, 1.165) is 75.8 Å². The van der Waals surface area contributed by atoms with Gasteiger partial charge >= 0.3 is 0 Å². The Bertz CT molecular complexity index is 681. The third kappa shape index (κ3) is 4.41. The summed E-state index contributed by atoms with van der Waals surface area (Å²) in [6, 6.07) is 0.521. The van der Waals surface area contributed by atoms with Crippen LogP contribution < -0.4 is 0 Å². The number of rotatable bonds is 4. The van der Waals surface area contributed by atoms with Gasteiger partial charge in [-0.25, -0.2) is 4.98 Å². The van der Waals surface area contributed by atoms with Gasteiger partial charge in [0.1, 0.15) is 10.6 Å². The zero-order chi connectivity index (χ0) is 19.7. The molecule has 3 aliphatic heterocycles. The molecule has 0 aromatic carbocycles. The molecule has 1 aromatic heterocycles. The van der Waals surface area contributed by atoms with Crippen LogP contribution in [0, 0.1) is 0 Å². The highest BCUT2D eigenvalue weighted by molar-refractivity contribution is 7.09. The van der Waals surface area contributed by atoms with Crippen molar-refractivity contribution in [3.63, 3.8) is 0 Å². The molecule has 7 nitrogen and oxygen atoms in total. The quantitative estimate of drug-likeness (QED) is 0.774. The number of carbonyl (C=O) groups is 1. The van der Waals surface area contributed by atoms with Gasteiger partial charge in [-0.3, -0.25) is 9.69 Å². The number of amides is 1. The second-order valence-corrected chi connectivity index (χ2v) is 9.55. The highest BCUT2D eigenvalue weighted by atomic mass is 32.1. The van der Waals surface area contributed by atoms with Gasteiger partial charge < -0.3 is 20.0 Å². The number of aliphatic hydroxyl groups excluding tert-OH is 1. The SMILES string of the molecule is CC(=O)N1CCC(N2CCC(O)(c3csc(CN4CCC(O)C4)n3)CC2)CC1. The van der Waals surface area contributed by atoms with E-state index in [1.807, 2.05) is 10.3 Å². The number of piperidine rings is 2. The summed E-state index contributed by atoms with van der Waals surface area (Å²) < 4.78 is 0. The number of nitrogens with zero attached hydrogens (tertiary/aromatic N) is 4. The lowest BCUT2D eigenvalue weighted by molar-refractivity contribution is -0.130. The maximum atomic E-state index is 11.5. The Morgan fingerprint density at radius 3 is 2.54 bits per heavy atom. The topological polar surface area (TPSA) is 80.1 Å². The van der Waals surface area contributed by atoms with Gasteiger partial charge in [-0.15, -0.1) is 11.3 Å². The third-order valence-electron chi connectivity index (χ3n) is 6.69. The van der Waals surface area contributed by atoms with Crippen LogP contribution in [0.5, 0.6) is 0 Å². The van der Waals surface area contributed by atoms with Gasteiger partial charge in [-0.2, -0.15) is 0 Å². The fourth-order valence-corrected chi connectivity index (χ4v) is 5.73. The van der Waals surface area contributed by atoms with Crippen molar-refractivity contribution in [1.29, 1.82) is 0 Å². The summed E-state index contributed by atoms with van der Waals surface area (Å²) in [5.41, 5.74) is -0.00569. The van der Waals surface area contributed by atoms with Gasteiger partial charge in [-0.05, 0) is 32.1 Å². The molecular formula is C20H32N4O3S. The summed E-state index contributed by atoms with van der Waals surface area (Å²) in [5.74, 6) is 0.175. The van der Waals surface area contributed by atoms with Gasteiger partial charge in [0.25, 0.3) is 0 Å². The van der Waals surface area contributed by atoms with Gasteiger partial charge in [0, 0.05) is 57.6 Å². The summed E-state index contributed by atoms with van der Waals surface area (Å²) in [7, 11) is 0. The Labute approximate surface area is 171 Å². The zero-order valence-corrected chi connectivity index (χ0v) is 17.5. The molecule has 1 amide bonds. The maximum absolute atomic E-state index is 11.5. The number of aliphatic hydroxyl groups is 2. The van der Waals surface area contributed by atoms with E-state index in [2.05, 4.69) is 9.80 Å². The molecule has 2 N–H and O–H groups in total. The third-order valence-corrected chi connectivity index (χ3v) is 7.52. The molecular weight excluding hydrogens is 376 g/mol. The Morgan fingerprint density at radius 2 is 1.93 bits per heavy atom. The van der Waals surface area contributed by atoms with Crippen LogP contribution in [0.15, 0.2) is 5.38 Å². The molecule has 8 heteroatoms. The first-order valence-corrected chi connectivity index (χ1v) is 11.4. The van der Waals surface area contributed by atoms with Crippen molar-refractivity contribution in [2.75, 3.05) is 39.3 Å². The summed E-state index contributed by atoms with van der Waals surface area (Å²) in [6.07, 6.45) is 4.11. The predicted molar refractivity (Wildman–Crippen MR) is 108 cm³/mol. The van der Waals surface area contributed by atoms with Crippen LogP contribution in [0.3, 0.4) is 0 Å². The van der Waals surface area contributed by atoms with Crippen LogP contribution in [0.1, 0.15) is 49.7 Å². The van der Waals surface area contributed by atoms with E-state index in [1.54, 1.807) is 18.3 Å². The average molecular weight is 409 g/mol. The van der Waals surface area contributed by atoms with Crippen molar-refractivity contribution in [2.45, 2.75) is 63.3 Å². The minimum absolute atomic E-state index is 0.175. The van der Waals surface area contributed by atoms with Gasteiger partial charge in [0.2, 0.25) is 5.91 Å². The van der Waals surface area contributed by atoms with Gasteiger partial charge in [-0.1, -0.05) is 0 Å². The first kappa shape index (κ1) is 20.2. The Balaban J connectivity index is 1.29. The highest BCUT2D eigenvalue weighted by Gasteiger charge is 2.38. The second-order valence-electron chi connectivity index (χ2n) is 8.61. The van der Waals surface area contributed by atoms with E-state index in [4.69, 9.17) is 4.98 Å². The largest absolute Gasteiger partial charge is 0.392 e. The minimum atomic E-state index is -0.824. The molecule has 28 heavy (non-hydrogen) atoms. The number of aromatic nitrogens is 1. The van der Waals surface area contributed by atoms with E-state index in [9.17, 15) is 15.0 Å². The number of carbonyl (C=O) groups excluding carboxylic acids is 1. The van der Waals surface area contributed by atoms with Crippen molar-refractivity contribution in [2.24, 2.45) is 0 Å². The fourth-order valence-electron chi connectivity index (χ4n) is 4.81. The molecule has 0 bridgehead atoms. The fraction of sp³-hybridized carbons (Fsp3) is 0.800. The molecule has 4 rings (SSSR count). The highest BCUT2D eigenvalue weighted by Crippen LogP contribution is 2.35. The minimum Gasteiger partial charge on any atom is -0.392 e. The maximum Gasteiger partial charge on any atom is 0.219 e. The monoisotopic (exact) mass is 408 g/mol. The first-order valence-electron chi connectivity index (χ1n) is 10.5. The van der Waals surface area contributed by atoms with Gasteiger partial charge in [0.15, 0.2) is 0 Å². The molecule has 156 valence electrons. The molecule has 0 radical (unpaired) electrons. The zero-order valence-electron chi connectivity index (χ0n) is 16.7. The van der Waals surface area contributed by atoms with Crippen LogP contribution in [0.2, 0.25) is 0 Å². The van der Waals surface area contributed by atoms with Crippen molar-refractivity contribution in [3.05, 3.63) is 16.1 Å². The summed E-state index contributed by atoms with van der Waals surface area (Å²) in [5, 5.41) is 23.9. The number of hydrogen-bond donors (Lipinski definition) is 2. The molecule has 0 aliphatic carbocycles. The van der Waals surface area contributed by atoms with E-state index in [-0.39, 0.29) is 12.0 Å². The second kappa shape index (κ2) is 8.36. The van der Waals surface area contributed by atoms with E-state index in [1.165, 1.54) is 0 Å². The van der Waals surface area contributed by atoms with Crippen molar-refractivity contribution in [3.8, 4) is 0 Å². The molecule has 3 saturated heterocycles. The van der Waals surface area contributed by atoms with Crippen LogP contribution in [-0.2, 0) is 16.9 Å². The van der Waals surface area contributed by atoms with Crippen molar-refractivity contribution in [1.82, 2.24) is 19.7 Å². The van der Waals surface area contributed by atoms with Gasteiger partial charge in [0.05, 0.1) is 18.3 Å². The summed E-state index contributed by atoms with van der Waals surface area (Å²) in [6.45, 7) is 7.50. The van der Waals surface area contributed by atoms with Crippen LogP contribution >= 0.6 is 11.3 Å². The first-order chi connectivity index (χ1) is 13.4. The number of β-amino-alcohol motifs (C(OH)–C–C–N with tert-alkyl or cyclic N) is 1. The van der Waals surface area contributed by atoms with E-state index in [0.29, 0.717) is 18.9 Å². The van der Waals surface area contributed by atoms with Crippen LogP contribution in [-0.4, -0.2) is 87.2 Å². The predicted octanol–water partition coefficient (Wildman–Crippen LogP) is 1.00. The molecule has 0 saturated carbocycles. The van der Waals surface area contributed by atoms with E-state index >= 15 is 0 Å². The Kier molecular flexibility index (Phi) is 6.04. The average Bonchev–Trinajstić information content (AvgIpc) is 3.32. The molecule has 0 spiro atoms. The molecule has 4 heterocycles. The molecule has 3 aliphatic rings. The lowest BCUT2D eigenvalue weighted by Gasteiger charge is -2.43. The smallest absolute Gasteiger partial charge is 0.219 e. The standard InChI is InChI=1S/C20H32N4O3S/c1-15(25)23-8-2-16(3-9-23)24-10-5-20(27,6-11-24)18-14-28-19(21-18)13-22-7-4-17(26)12-22/h14,16-17,26-27H,2-13H2,1H3. The molecule has 1 unspecified atom stereocenters. The Hall–Kier alpha value is -1.06. The molecule has 3 fully saturated rings.